The molecule has 0 bridgehead atoms. The molecule has 0 aliphatic rings. The number of rotatable bonds is 7. The van der Waals surface area contributed by atoms with E-state index in [9.17, 15) is 9.59 Å². The number of tetrazole rings is 1. The summed E-state index contributed by atoms with van der Waals surface area (Å²) in [7, 11) is 1.29. The molecule has 1 atom stereocenters. The Labute approximate surface area is 162 Å². The van der Waals surface area contributed by atoms with Crippen LogP contribution in [0, 0.1) is 6.92 Å². The summed E-state index contributed by atoms with van der Waals surface area (Å²) in [6.45, 7) is 1.80. The highest BCUT2D eigenvalue weighted by Crippen LogP contribution is 2.17. The number of aromatic nitrogens is 4. The number of nitrogens with one attached hydrogen (secondary N) is 1. The maximum Gasteiger partial charge on any atom is 0.328 e. The predicted molar refractivity (Wildman–Crippen MR) is 102 cm³/mol. The molecule has 144 valence electrons. The van der Waals surface area contributed by atoms with E-state index in [0.29, 0.717) is 12.2 Å². The minimum Gasteiger partial charge on any atom is -0.467 e. The lowest BCUT2D eigenvalue weighted by Crippen LogP contribution is -2.44. The van der Waals surface area contributed by atoms with E-state index >= 15 is 0 Å². The smallest absolute Gasteiger partial charge is 0.328 e. The Hall–Kier alpha value is -3.55. The van der Waals surface area contributed by atoms with Crippen LogP contribution in [0.2, 0.25) is 0 Å². The molecule has 2 aromatic carbocycles. The van der Waals surface area contributed by atoms with Crippen molar-refractivity contribution >= 4 is 11.9 Å². The van der Waals surface area contributed by atoms with Crippen molar-refractivity contribution in [2.75, 3.05) is 7.11 Å². The van der Waals surface area contributed by atoms with Crippen LogP contribution in [0.15, 0.2) is 54.6 Å². The highest BCUT2D eigenvalue weighted by atomic mass is 16.5. The fraction of sp³-hybridized carbons (Fsp3) is 0.250. The molecular weight excluding hydrogens is 358 g/mol. The molecular formula is C20H21N5O3. The van der Waals surface area contributed by atoms with Crippen LogP contribution >= 0.6 is 0 Å². The fourth-order valence-electron chi connectivity index (χ4n) is 2.80. The van der Waals surface area contributed by atoms with Crippen LogP contribution in [0.3, 0.4) is 0 Å². The van der Waals surface area contributed by atoms with Crippen molar-refractivity contribution in [3.63, 3.8) is 0 Å². The molecule has 28 heavy (non-hydrogen) atoms. The number of esters is 1. The van der Waals surface area contributed by atoms with Crippen molar-refractivity contribution in [1.82, 2.24) is 25.5 Å². The number of carbonyl (C=O) groups is 2. The molecule has 1 aromatic heterocycles. The standard InChI is InChI=1S/C20H21N5O3/c1-14-8-6-7-11-16(14)19-22-24-25(23-19)13-18(26)21-17(20(27)28-2)12-15-9-4-3-5-10-15/h3-11,17H,12-13H2,1-2H3,(H,21,26)/t17-/m0/s1. The minimum absolute atomic E-state index is 0.152. The number of carbonyl (C=O) groups excluding carboxylic acids is 2. The van der Waals surface area contributed by atoms with Crippen LogP contribution in [0.4, 0.5) is 0 Å². The largest absolute Gasteiger partial charge is 0.467 e. The van der Waals surface area contributed by atoms with Gasteiger partial charge in [0, 0.05) is 12.0 Å². The van der Waals surface area contributed by atoms with Crippen molar-refractivity contribution in [3.05, 3.63) is 65.7 Å². The van der Waals surface area contributed by atoms with Gasteiger partial charge in [0.25, 0.3) is 0 Å². The van der Waals surface area contributed by atoms with Crippen LogP contribution in [0.25, 0.3) is 11.4 Å². The van der Waals surface area contributed by atoms with Gasteiger partial charge in [0.1, 0.15) is 12.6 Å². The normalized spacial score (nSPS) is 11.6. The molecule has 0 aliphatic heterocycles. The van der Waals surface area contributed by atoms with E-state index in [0.717, 1.165) is 16.7 Å². The molecule has 0 fully saturated rings. The lowest BCUT2D eigenvalue weighted by Gasteiger charge is -2.16. The number of aryl methyl sites for hydroxylation is 1. The molecule has 0 saturated heterocycles. The number of hydrogen-bond acceptors (Lipinski definition) is 6. The zero-order valence-electron chi connectivity index (χ0n) is 15.7. The van der Waals surface area contributed by atoms with Crippen molar-refractivity contribution in [1.29, 1.82) is 0 Å². The monoisotopic (exact) mass is 379 g/mol. The van der Waals surface area contributed by atoms with Crippen molar-refractivity contribution < 1.29 is 14.3 Å². The van der Waals surface area contributed by atoms with Gasteiger partial charge in [-0.1, -0.05) is 54.6 Å². The van der Waals surface area contributed by atoms with Crippen LogP contribution in [-0.4, -0.2) is 45.2 Å². The predicted octanol–water partition coefficient (Wildman–Crippen LogP) is 1.55. The molecule has 0 spiro atoms. The third-order valence-electron chi connectivity index (χ3n) is 4.23. The quantitative estimate of drug-likeness (QED) is 0.626. The summed E-state index contributed by atoms with van der Waals surface area (Å²) in [5.74, 6) is -0.468. The number of ether oxygens (including phenoxy) is 1. The Morgan fingerprint density at radius 1 is 1.11 bits per heavy atom. The van der Waals surface area contributed by atoms with Gasteiger partial charge in [-0.2, -0.15) is 4.80 Å². The average Bonchev–Trinajstić information content (AvgIpc) is 3.16. The SMILES string of the molecule is COC(=O)[C@H](Cc1ccccc1)NC(=O)Cn1nnc(-c2ccccc2C)n1. The van der Waals surface area contributed by atoms with E-state index in [1.165, 1.54) is 11.9 Å². The molecule has 0 unspecified atom stereocenters. The van der Waals surface area contributed by atoms with E-state index in [2.05, 4.69) is 20.7 Å². The first-order chi connectivity index (χ1) is 13.6. The number of amides is 1. The Morgan fingerprint density at radius 2 is 1.82 bits per heavy atom. The van der Waals surface area contributed by atoms with Crippen molar-refractivity contribution in [2.45, 2.75) is 25.9 Å². The van der Waals surface area contributed by atoms with Gasteiger partial charge in [-0.25, -0.2) is 4.79 Å². The van der Waals surface area contributed by atoms with E-state index in [1.54, 1.807) is 0 Å². The second-order valence-electron chi connectivity index (χ2n) is 6.29. The van der Waals surface area contributed by atoms with Crippen LogP contribution in [-0.2, 0) is 27.3 Å². The fourth-order valence-corrected chi connectivity index (χ4v) is 2.80. The zero-order chi connectivity index (χ0) is 19.9. The summed E-state index contributed by atoms with van der Waals surface area (Å²) in [5.41, 5.74) is 2.78. The van der Waals surface area contributed by atoms with E-state index in [4.69, 9.17) is 4.74 Å². The molecule has 3 rings (SSSR count). The second-order valence-corrected chi connectivity index (χ2v) is 6.29. The number of hydrogen-bond donors (Lipinski definition) is 1. The Bertz CT molecular complexity index is 955. The maximum absolute atomic E-state index is 12.4. The molecule has 0 aliphatic carbocycles. The molecule has 0 radical (unpaired) electrons. The summed E-state index contributed by atoms with van der Waals surface area (Å²) in [4.78, 5) is 25.6. The maximum atomic E-state index is 12.4. The molecule has 1 amide bonds. The molecule has 8 nitrogen and oxygen atoms in total. The zero-order valence-corrected chi connectivity index (χ0v) is 15.7. The Morgan fingerprint density at radius 3 is 2.54 bits per heavy atom. The summed E-state index contributed by atoms with van der Waals surface area (Å²) in [5, 5.41) is 14.9. The van der Waals surface area contributed by atoms with Gasteiger partial charge in [-0.15, -0.1) is 10.2 Å². The first kappa shape index (κ1) is 19.2. The topological polar surface area (TPSA) is 99.0 Å². The lowest BCUT2D eigenvalue weighted by atomic mass is 10.1. The van der Waals surface area contributed by atoms with Gasteiger partial charge >= 0.3 is 5.97 Å². The number of methoxy groups -OCH3 is 1. The van der Waals surface area contributed by atoms with Crippen LogP contribution in [0.5, 0.6) is 0 Å². The van der Waals surface area contributed by atoms with E-state index < -0.39 is 17.9 Å². The Balaban J connectivity index is 1.66. The van der Waals surface area contributed by atoms with Gasteiger partial charge in [-0.3, -0.25) is 4.79 Å². The first-order valence-electron chi connectivity index (χ1n) is 8.81. The first-order valence-corrected chi connectivity index (χ1v) is 8.81. The van der Waals surface area contributed by atoms with Crippen molar-refractivity contribution in [2.24, 2.45) is 0 Å². The summed E-state index contributed by atoms with van der Waals surface area (Å²) in [6.07, 6.45) is 0.332. The molecule has 1 N–H and O–H groups in total. The van der Waals surface area contributed by atoms with Gasteiger partial charge in [0.15, 0.2) is 0 Å². The number of nitrogens with zero attached hydrogens (tertiary/aromatic N) is 4. The third-order valence-corrected chi connectivity index (χ3v) is 4.23. The molecule has 1 heterocycles. The summed E-state index contributed by atoms with van der Waals surface area (Å²) >= 11 is 0. The van der Waals surface area contributed by atoms with Gasteiger partial charge in [0.2, 0.25) is 11.7 Å². The van der Waals surface area contributed by atoms with E-state index in [-0.39, 0.29) is 6.54 Å². The minimum atomic E-state index is -0.792. The highest BCUT2D eigenvalue weighted by Gasteiger charge is 2.22. The number of benzene rings is 2. The summed E-state index contributed by atoms with van der Waals surface area (Å²) in [6, 6.07) is 16.3. The van der Waals surface area contributed by atoms with Crippen LogP contribution in [0.1, 0.15) is 11.1 Å². The van der Waals surface area contributed by atoms with Crippen LogP contribution < -0.4 is 5.32 Å². The van der Waals surface area contributed by atoms with Gasteiger partial charge < -0.3 is 10.1 Å². The molecule has 0 saturated carbocycles. The third kappa shape index (κ3) is 4.79. The second kappa shape index (κ2) is 8.90. The molecule has 3 aromatic rings. The average molecular weight is 379 g/mol. The Kier molecular flexibility index (Phi) is 6.11. The van der Waals surface area contributed by atoms with Gasteiger partial charge in [0.05, 0.1) is 7.11 Å². The summed E-state index contributed by atoms with van der Waals surface area (Å²) < 4.78 is 4.81. The highest BCUT2D eigenvalue weighted by molar-refractivity contribution is 5.84. The van der Waals surface area contributed by atoms with Crippen molar-refractivity contribution in [3.8, 4) is 11.4 Å². The molecule has 8 heteroatoms. The van der Waals surface area contributed by atoms with Gasteiger partial charge in [-0.05, 0) is 23.3 Å². The lowest BCUT2D eigenvalue weighted by molar-refractivity contribution is -0.145. The van der Waals surface area contributed by atoms with E-state index in [1.807, 2.05) is 61.5 Å².